The average molecular weight is 219 g/mol. The highest BCUT2D eigenvalue weighted by atomic mass is 16.5. The molecule has 0 aliphatic carbocycles. The smallest absolute Gasteiger partial charge is 0.0766 e. The lowest BCUT2D eigenvalue weighted by Gasteiger charge is -2.36. The van der Waals surface area contributed by atoms with E-state index in [1.165, 1.54) is 18.4 Å². The van der Waals surface area contributed by atoms with Gasteiger partial charge in [0, 0.05) is 13.2 Å². The summed E-state index contributed by atoms with van der Waals surface area (Å²) in [5.74, 6) is 0. The number of piperidine rings is 1. The third-order valence-electron chi connectivity index (χ3n) is 3.54. The molecule has 0 saturated carbocycles. The van der Waals surface area contributed by atoms with E-state index in [0.717, 1.165) is 6.42 Å². The van der Waals surface area contributed by atoms with Crippen LogP contribution in [0.2, 0.25) is 0 Å². The summed E-state index contributed by atoms with van der Waals surface area (Å²) in [4.78, 5) is 0. The van der Waals surface area contributed by atoms with Crippen LogP contribution in [0.4, 0.5) is 0 Å². The van der Waals surface area contributed by atoms with Gasteiger partial charge in [0.2, 0.25) is 0 Å². The Balaban J connectivity index is 2.15. The Morgan fingerprint density at radius 1 is 1.25 bits per heavy atom. The summed E-state index contributed by atoms with van der Waals surface area (Å²) in [6.07, 6.45) is 3.88. The van der Waals surface area contributed by atoms with Gasteiger partial charge in [-0.1, -0.05) is 37.3 Å². The van der Waals surface area contributed by atoms with E-state index >= 15 is 0 Å². The molecule has 1 aromatic carbocycles. The Hall–Kier alpha value is -0.860. The molecule has 1 heterocycles. The minimum absolute atomic E-state index is 0.310. The molecular formula is C14H21NO. The number of nitrogens with one attached hydrogen (secondary N) is 1. The Kier molecular flexibility index (Phi) is 3.97. The Morgan fingerprint density at radius 3 is 2.62 bits per heavy atom. The van der Waals surface area contributed by atoms with Gasteiger partial charge in [-0.05, 0) is 24.8 Å². The zero-order valence-corrected chi connectivity index (χ0v) is 10.1. The van der Waals surface area contributed by atoms with Gasteiger partial charge in [0.05, 0.1) is 12.1 Å². The van der Waals surface area contributed by atoms with Crippen molar-refractivity contribution in [3.8, 4) is 0 Å². The monoisotopic (exact) mass is 219 g/mol. The van der Waals surface area contributed by atoms with Gasteiger partial charge in [-0.25, -0.2) is 0 Å². The first-order chi connectivity index (χ1) is 7.85. The van der Waals surface area contributed by atoms with Crippen molar-refractivity contribution in [1.29, 1.82) is 0 Å². The van der Waals surface area contributed by atoms with Crippen LogP contribution in [0.1, 0.15) is 37.8 Å². The molecule has 1 fully saturated rings. The van der Waals surface area contributed by atoms with Gasteiger partial charge in [0.1, 0.15) is 0 Å². The highest BCUT2D eigenvalue weighted by Gasteiger charge is 2.29. The zero-order valence-electron chi connectivity index (χ0n) is 10.1. The molecule has 1 N–H and O–H groups in total. The molecule has 0 amide bonds. The van der Waals surface area contributed by atoms with Crippen molar-refractivity contribution in [3.05, 3.63) is 35.9 Å². The fourth-order valence-corrected chi connectivity index (χ4v) is 2.52. The average Bonchev–Trinajstić information content (AvgIpc) is 2.39. The summed E-state index contributed by atoms with van der Waals surface area (Å²) in [6, 6.07) is 11.6. The minimum Gasteiger partial charge on any atom is -0.379 e. The summed E-state index contributed by atoms with van der Waals surface area (Å²) in [5.41, 5.74) is 1.34. The largest absolute Gasteiger partial charge is 0.379 e. The second-order valence-electron chi connectivity index (χ2n) is 4.51. The molecule has 0 bridgehead atoms. The van der Waals surface area contributed by atoms with Crippen LogP contribution in [0.25, 0.3) is 0 Å². The van der Waals surface area contributed by atoms with Crippen LogP contribution in [0.3, 0.4) is 0 Å². The van der Waals surface area contributed by atoms with Crippen molar-refractivity contribution >= 4 is 0 Å². The highest BCUT2D eigenvalue weighted by molar-refractivity contribution is 5.21. The van der Waals surface area contributed by atoms with Gasteiger partial charge in [0.15, 0.2) is 0 Å². The lowest BCUT2D eigenvalue weighted by atomic mass is 9.90. The lowest BCUT2D eigenvalue weighted by Crippen LogP contribution is -2.44. The first-order valence-electron chi connectivity index (χ1n) is 6.19. The fraction of sp³-hybridized carbons (Fsp3) is 0.571. The molecule has 2 heteroatoms. The van der Waals surface area contributed by atoms with Crippen molar-refractivity contribution in [3.63, 3.8) is 0 Å². The third-order valence-corrected chi connectivity index (χ3v) is 3.54. The normalized spacial score (nSPS) is 30.2. The highest BCUT2D eigenvalue weighted by Crippen LogP contribution is 2.28. The van der Waals surface area contributed by atoms with Crippen molar-refractivity contribution in [2.24, 2.45) is 0 Å². The molecule has 1 aliphatic rings. The number of benzene rings is 1. The zero-order chi connectivity index (χ0) is 11.4. The molecule has 0 aromatic heterocycles. The van der Waals surface area contributed by atoms with Crippen LogP contribution < -0.4 is 5.32 Å². The molecule has 0 spiro atoms. The predicted molar refractivity (Wildman–Crippen MR) is 66.4 cm³/mol. The van der Waals surface area contributed by atoms with Gasteiger partial charge < -0.3 is 10.1 Å². The van der Waals surface area contributed by atoms with E-state index in [-0.39, 0.29) is 0 Å². The van der Waals surface area contributed by atoms with E-state index in [1.807, 2.05) is 7.11 Å². The van der Waals surface area contributed by atoms with E-state index in [2.05, 4.69) is 42.6 Å². The van der Waals surface area contributed by atoms with Crippen LogP contribution in [0.5, 0.6) is 0 Å². The molecule has 3 atom stereocenters. The van der Waals surface area contributed by atoms with Crippen LogP contribution in [-0.2, 0) is 4.74 Å². The molecule has 0 unspecified atom stereocenters. The summed E-state index contributed by atoms with van der Waals surface area (Å²) in [7, 11) is 1.81. The van der Waals surface area contributed by atoms with Gasteiger partial charge in [-0.3, -0.25) is 0 Å². The SMILES string of the molecule is CC[C@@H]1CC[C@@H](OC)[C@H](c2ccccc2)N1. The van der Waals surface area contributed by atoms with E-state index in [0.29, 0.717) is 18.2 Å². The quantitative estimate of drug-likeness (QED) is 0.844. The molecule has 0 radical (unpaired) electrons. The standard InChI is InChI=1S/C14H21NO/c1-3-12-9-10-13(16-2)14(15-12)11-7-5-4-6-8-11/h4-8,12-15H,3,9-10H2,1-2H3/t12-,13-,14+/m1/s1. The Bertz CT molecular complexity index is 312. The van der Waals surface area contributed by atoms with E-state index < -0.39 is 0 Å². The summed E-state index contributed by atoms with van der Waals surface area (Å²) < 4.78 is 5.59. The van der Waals surface area contributed by atoms with Gasteiger partial charge >= 0.3 is 0 Å². The molecule has 2 rings (SSSR count). The number of rotatable bonds is 3. The van der Waals surface area contributed by atoms with Gasteiger partial charge in [-0.15, -0.1) is 0 Å². The van der Waals surface area contributed by atoms with Crippen molar-refractivity contribution in [1.82, 2.24) is 5.32 Å². The first kappa shape index (κ1) is 11.6. The van der Waals surface area contributed by atoms with E-state index in [1.54, 1.807) is 0 Å². The maximum absolute atomic E-state index is 5.59. The number of methoxy groups -OCH3 is 1. The molecule has 1 aliphatic heterocycles. The van der Waals surface area contributed by atoms with E-state index in [4.69, 9.17) is 4.74 Å². The van der Waals surface area contributed by atoms with E-state index in [9.17, 15) is 0 Å². The minimum atomic E-state index is 0.310. The van der Waals surface area contributed by atoms with Crippen molar-refractivity contribution in [2.75, 3.05) is 7.11 Å². The molecule has 16 heavy (non-hydrogen) atoms. The second kappa shape index (κ2) is 5.46. The third kappa shape index (κ3) is 2.45. The van der Waals surface area contributed by atoms with Crippen LogP contribution in [-0.4, -0.2) is 19.3 Å². The van der Waals surface area contributed by atoms with Crippen LogP contribution in [0, 0.1) is 0 Å². The number of ether oxygens (including phenoxy) is 1. The summed E-state index contributed by atoms with van der Waals surface area (Å²) in [6.45, 7) is 2.24. The topological polar surface area (TPSA) is 21.3 Å². The Morgan fingerprint density at radius 2 is 2.00 bits per heavy atom. The maximum atomic E-state index is 5.59. The predicted octanol–water partition coefficient (Wildman–Crippen LogP) is 2.90. The van der Waals surface area contributed by atoms with Gasteiger partial charge in [0.25, 0.3) is 0 Å². The first-order valence-corrected chi connectivity index (χ1v) is 6.19. The number of hydrogen-bond acceptors (Lipinski definition) is 2. The second-order valence-corrected chi connectivity index (χ2v) is 4.51. The van der Waals surface area contributed by atoms with Gasteiger partial charge in [-0.2, -0.15) is 0 Å². The van der Waals surface area contributed by atoms with Crippen LogP contribution in [0.15, 0.2) is 30.3 Å². The number of hydrogen-bond donors (Lipinski definition) is 1. The molecular weight excluding hydrogens is 198 g/mol. The summed E-state index contributed by atoms with van der Waals surface area (Å²) in [5, 5.41) is 3.70. The molecule has 1 aromatic rings. The van der Waals surface area contributed by atoms with Crippen molar-refractivity contribution < 1.29 is 4.74 Å². The van der Waals surface area contributed by atoms with Crippen LogP contribution >= 0.6 is 0 Å². The summed E-state index contributed by atoms with van der Waals surface area (Å²) >= 11 is 0. The van der Waals surface area contributed by atoms with Crippen molar-refractivity contribution in [2.45, 2.75) is 44.4 Å². The Labute approximate surface area is 98.0 Å². The maximum Gasteiger partial charge on any atom is 0.0766 e. The molecule has 1 saturated heterocycles. The molecule has 2 nitrogen and oxygen atoms in total. The lowest BCUT2D eigenvalue weighted by molar-refractivity contribution is 0.0327. The molecule has 88 valence electrons. The fourth-order valence-electron chi connectivity index (χ4n) is 2.52.